The van der Waals surface area contributed by atoms with Crippen molar-refractivity contribution in [3.8, 4) is 11.5 Å². The zero-order chi connectivity index (χ0) is 13.5. The SMILES string of the molecule is COC(=O)C(CCBr)Oc1ccc(Br)cc1OC. The first-order valence-corrected chi connectivity index (χ1v) is 7.17. The number of ether oxygens (including phenoxy) is 3. The highest BCUT2D eigenvalue weighted by molar-refractivity contribution is 9.10. The van der Waals surface area contributed by atoms with E-state index < -0.39 is 12.1 Å². The van der Waals surface area contributed by atoms with Crippen LogP contribution in [0.2, 0.25) is 0 Å². The largest absolute Gasteiger partial charge is 0.493 e. The summed E-state index contributed by atoms with van der Waals surface area (Å²) >= 11 is 6.62. The molecule has 6 heteroatoms. The predicted octanol–water partition coefficient (Wildman–Crippen LogP) is 3.16. The van der Waals surface area contributed by atoms with Crippen LogP contribution in [0.4, 0.5) is 0 Å². The van der Waals surface area contributed by atoms with E-state index in [0.29, 0.717) is 23.2 Å². The normalized spacial score (nSPS) is 11.8. The summed E-state index contributed by atoms with van der Waals surface area (Å²) in [7, 11) is 2.89. The van der Waals surface area contributed by atoms with Crippen LogP contribution in [0.1, 0.15) is 6.42 Å². The van der Waals surface area contributed by atoms with Crippen LogP contribution in [0.5, 0.6) is 11.5 Å². The number of carbonyl (C=O) groups excluding carboxylic acids is 1. The van der Waals surface area contributed by atoms with E-state index in [9.17, 15) is 4.79 Å². The molecule has 0 aromatic heterocycles. The zero-order valence-corrected chi connectivity index (χ0v) is 13.3. The fourth-order valence-corrected chi connectivity index (χ4v) is 2.10. The van der Waals surface area contributed by atoms with Gasteiger partial charge >= 0.3 is 5.97 Å². The second kappa shape index (κ2) is 7.63. The molecule has 0 spiro atoms. The Hall–Kier alpha value is -0.750. The molecule has 0 heterocycles. The fraction of sp³-hybridized carbons (Fsp3) is 0.417. The number of methoxy groups -OCH3 is 2. The summed E-state index contributed by atoms with van der Waals surface area (Å²) < 4.78 is 16.4. The van der Waals surface area contributed by atoms with E-state index in [1.165, 1.54) is 7.11 Å². The Balaban J connectivity index is 2.89. The van der Waals surface area contributed by atoms with Crippen LogP contribution in [0.15, 0.2) is 22.7 Å². The Morgan fingerprint density at radius 3 is 2.61 bits per heavy atom. The molecule has 0 saturated heterocycles. The van der Waals surface area contributed by atoms with Crippen LogP contribution in [-0.4, -0.2) is 31.6 Å². The quantitative estimate of drug-likeness (QED) is 0.560. The molecule has 0 N–H and O–H groups in total. The maximum atomic E-state index is 11.6. The molecule has 0 fully saturated rings. The van der Waals surface area contributed by atoms with Gasteiger partial charge in [0.05, 0.1) is 14.2 Å². The summed E-state index contributed by atoms with van der Waals surface area (Å²) in [4.78, 5) is 11.6. The first-order chi connectivity index (χ1) is 8.62. The van der Waals surface area contributed by atoms with E-state index in [1.807, 2.05) is 6.07 Å². The maximum absolute atomic E-state index is 11.6. The number of hydrogen-bond donors (Lipinski definition) is 0. The number of halogens is 2. The molecule has 18 heavy (non-hydrogen) atoms. The molecule has 0 aliphatic rings. The third-order valence-corrected chi connectivity index (χ3v) is 3.18. The van der Waals surface area contributed by atoms with E-state index in [1.54, 1.807) is 19.2 Å². The smallest absolute Gasteiger partial charge is 0.347 e. The highest BCUT2D eigenvalue weighted by Crippen LogP contribution is 2.31. The summed E-state index contributed by atoms with van der Waals surface area (Å²) in [6.07, 6.45) is -0.129. The number of carbonyl (C=O) groups is 1. The zero-order valence-electron chi connectivity index (χ0n) is 10.1. The van der Waals surface area contributed by atoms with E-state index >= 15 is 0 Å². The summed E-state index contributed by atoms with van der Waals surface area (Å²) in [5.74, 6) is 0.671. The van der Waals surface area contributed by atoms with Gasteiger partial charge in [0.25, 0.3) is 0 Å². The van der Waals surface area contributed by atoms with Gasteiger partial charge < -0.3 is 14.2 Å². The van der Waals surface area contributed by atoms with Gasteiger partial charge in [-0.05, 0) is 18.2 Å². The first-order valence-electron chi connectivity index (χ1n) is 5.26. The highest BCUT2D eigenvalue weighted by atomic mass is 79.9. The van der Waals surface area contributed by atoms with E-state index in [-0.39, 0.29) is 0 Å². The predicted molar refractivity (Wildman–Crippen MR) is 75.5 cm³/mol. The van der Waals surface area contributed by atoms with Crippen molar-refractivity contribution in [2.75, 3.05) is 19.5 Å². The molecule has 0 amide bonds. The van der Waals surface area contributed by atoms with Crippen molar-refractivity contribution in [1.82, 2.24) is 0 Å². The highest BCUT2D eigenvalue weighted by Gasteiger charge is 2.22. The van der Waals surface area contributed by atoms with Crippen molar-refractivity contribution < 1.29 is 19.0 Å². The lowest BCUT2D eigenvalue weighted by Gasteiger charge is -2.17. The van der Waals surface area contributed by atoms with Crippen LogP contribution < -0.4 is 9.47 Å². The Bertz CT molecular complexity index is 409. The van der Waals surface area contributed by atoms with Crippen molar-refractivity contribution in [1.29, 1.82) is 0 Å². The molecule has 100 valence electrons. The third kappa shape index (κ3) is 4.17. The Labute approximate surface area is 123 Å². The van der Waals surface area contributed by atoms with Gasteiger partial charge in [-0.25, -0.2) is 4.79 Å². The monoisotopic (exact) mass is 380 g/mol. The first kappa shape index (κ1) is 15.3. The maximum Gasteiger partial charge on any atom is 0.347 e. The van der Waals surface area contributed by atoms with E-state index in [0.717, 1.165) is 4.47 Å². The molecule has 1 rings (SSSR count). The van der Waals surface area contributed by atoms with Crippen molar-refractivity contribution >= 4 is 37.8 Å². The topological polar surface area (TPSA) is 44.8 Å². The molecule has 1 unspecified atom stereocenters. The molecule has 4 nitrogen and oxygen atoms in total. The minimum absolute atomic E-state index is 0.403. The Kier molecular flexibility index (Phi) is 6.49. The standard InChI is InChI=1S/C12H14Br2O4/c1-16-11-7-8(14)3-4-9(11)18-10(5-6-13)12(15)17-2/h3-4,7,10H,5-6H2,1-2H3. The van der Waals surface area contributed by atoms with Crippen molar-refractivity contribution in [3.63, 3.8) is 0 Å². The third-order valence-electron chi connectivity index (χ3n) is 2.23. The number of alkyl halides is 1. The van der Waals surface area contributed by atoms with E-state index in [4.69, 9.17) is 14.2 Å². The Morgan fingerprint density at radius 1 is 1.33 bits per heavy atom. The molecular weight excluding hydrogens is 368 g/mol. The second-order valence-corrected chi connectivity index (χ2v) is 5.11. The van der Waals surface area contributed by atoms with Crippen LogP contribution in [0, 0.1) is 0 Å². The number of benzene rings is 1. The van der Waals surface area contributed by atoms with Gasteiger partial charge in [-0.15, -0.1) is 0 Å². The van der Waals surface area contributed by atoms with Crippen LogP contribution in [0.25, 0.3) is 0 Å². The molecule has 1 aromatic carbocycles. The minimum Gasteiger partial charge on any atom is -0.493 e. The second-order valence-electron chi connectivity index (χ2n) is 3.40. The molecule has 0 bridgehead atoms. The van der Waals surface area contributed by atoms with Crippen molar-refractivity contribution in [2.24, 2.45) is 0 Å². The van der Waals surface area contributed by atoms with Gasteiger partial charge in [0.1, 0.15) is 0 Å². The van der Waals surface area contributed by atoms with Crippen molar-refractivity contribution in [2.45, 2.75) is 12.5 Å². The van der Waals surface area contributed by atoms with Crippen LogP contribution >= 0.6 is 31.9 Å². The summed E-state index contributed by atoms with van der Waals surface area (Å²) in [5, 5.41) is 0.644. The van der Waals surface area contributed by atoms with Gasteiger partial charge in [0.15, 0.2) is 17.6 Å². The molecule has 0 aliphatic heterocycles. The summed E-state index contributed by atoms with van der Waals surface area (Å²) in [5.41, 5.74) is 0. The van der Waals surface area contributed by atoms with Crippen LogP contribution in [0.3, 0.4) is 0 Å². The Morgan fingerprint density at radius 2 is 2.06 bits per heavy atom. The fourth-order valence-electron chi connectivity index (χ4n) is 1.35. The molecule has 0 aliphatic carbocycles. The average molecular weight is 382 g/mol. The molecule has 0 radical (unpaired) electrons. The van der Waals surface area contributed by atoms with Gasteiger partial charge in [-0.1, -0.05) is 31.9 Å². The summed E-state index contributed by atoms with van der Waals surface area (Å²) in [6, 6.07) is 5.34. The summed E-state index contributed by atoms with van der Waals surface area (Å²) in [6.45, 7) is 0. The van der Waals surface area contributed by atoms with Gasteiger partial charge in [0.2, 0.25) is 0 Å². The van der Waals surface area contributed by atoms with E-state index in [2.05, 4.69) is 31.9 Å². The lowest BCUT2D eigenvalue weighted by atomic mass is 10.2. The minimum atomic E-state index is -0.649. The lowest BCUT2D eigenvalue weighted by Crippen LogP contribution is -2.29. The van der Waals surface area contributed by atoms with Gasteiger partial charge in [0, 0.05) is 16.2 Å². The molecule has 1 atom stereocenters. The number of rotatable bonds is 6. The number of esters is 1. The van der Waals surface area contributed by atoms with Crippen LogP contribution in [-0.2, 0) is 9.53 Å². The average Bonchev–Trinajstić information content (AvgIpc) is 2.39. The molecular formula is C12H14Br2O4. The number of hydrogen-bond acceptors (Lipinski definition) is 4. The van der Waals surface area contributed by atoms with Crippen molar-refractivity contribution in [3.05, 3.63) is 22.7 Å². The lowest BCUT2D eigenvalue weighted by molar-refractivity contribution is -0.148. The molecule has 0 saturated carbocycles. The molecule has 1 aromatic rings. The van der Waals surface area contributed by atoms with Gasteiger partial charge in [-0.2, -0.15) is 0 Å². The van der Waals surface area contributed by atoms with Gasteiger partial charge in [-0.3, -0.25) is 0 Å².